The van der Waals surface area contributed by atoms with Gasteiger partial charge in [-0.3, -0.25) is 9.69 Å². The highest BCUT2D eigenvalue weighted by Crippen LogP contribution is 2.38. The van der Waals surface area contributed by atoms with Crippen molar-refractivity contribution in [2.24, 2.45) is 0 Å². The van der Waals surface area contributed by atoms with Crippen LogP contribution in [0.15, 0.2) is 70.1 Å². The van der Waals surface area contributed by atoms with Gasteiger partial charge in [-0.25, -0.2) is 9.07 Å². The van der Waals surface area contributed by atoms with E-state index in [0.717, 1.165) is 36.6 Å². The molecule has 0 spiro atoms. The molecule has 1 saturated carbocycles. The highest BCUT2D eigenvalue weighted by Gasteiger charge is 2.34. The van der Waals surface area contributed by atoms with E-state index in [9.17, 15) is 9.18 Å². The number of furan rings is 1. The van der Waals surface area contributed by atoms with Crippen LogP contribution in [-0.4, -0.2) is 36.9 Å². The van der Waals surface area contributed by atoms with Crippen molar-refractivity contribution in [2.45, 2.75) is 50.9 Å². The van der Waals surface area contributed by atoms with Crippen molar-refractivity contribution >= 4 is 10.9 Å². The largest absolute Gasteiger partial charge is 0.468 e. The number of aromatic amines is 1. The molecule has 2 aromatic carbocycles. The van der Waals surface area contributed by atoms with Gasteiger partial charge in [0, 0.05) is 23.6 Å². The van der Waals surface area contributed by atoms with E-state index < -0.39 is 6.04 Å². The second kappa shape index (κ2) is 10.2. The van der Waals surface area contributed by atoms with Crippen LogP contribution in [-0.2, 0) is 13.1 Å². The molecule has 1 aliphatic carbocycles. The van der Waals surface area contributed by atoms with E-state index in [4.69, 9.17) is 13.9 Å². The number of benzene rings is 2. The first-order chi connectivity index (χ1) is 19.6. The molecule has 0 amide bonds. The van der Waals surface area contributed by atoms with Crippen molar-refractivity contribution in [3.05, 3.63) is 99.7 Å². The van der Waals surface area contributed by atoms with Gasteiger partial charge in [-0.15, -0.1) is 5.10 Å². The van der Waals surface area contributed by atoms with Gasteiger partial charge < -0.3 is 18.9 Å². The first-order valence-corrected chi connectivity index (χ1v) is 13.4. The van der Waals surface area contributed by atoms with E-state index in [0.29, 0.717) is 47.3 Å². The molecule has 5 aromatic rings. The zero-order valence-corrected chi connectivity index (χ0v) is 21.6. The number of fused-ring (bicyclic) bond motifs is 2. The van der Waals surface area contributed by atoms with Gasteiger partial charge in [0.05, 0.1) is 24.4 Å². The molecule has 2 aliphatic rings. The van der Waals surface area contributed by atoms with Crippen molar-refractivity contribution < 1.29 is 18.3 Å². The van der Waals surface area contributed by atoms with Gasteiger partial charge >= 0.3 is 0 Å². The zero-order chi connectivity index (χ0) is 27.1. The third kappa shape index (κ3) is 4.62. The van der Waals surface area contributed by atoms with Crippen LogP contribution in [0.25, 0.3) is 10.9 Å². The normalized spacial score (nSPS) is 15.8. The molecule has 0 bridgehead atoms. The van der Waals surface area contributed by atoms with Crippen LogP contribution in [0.3, 0.4) is 0 Å². The zero-order valence-electron chi connectivity index (χ0n) is 21.6. The lowest BCUT2D eigenvalue weighted by Gasteiger charge is -2.31. The Hall–Kier alpha value is -4.51. The van der Waals surface area contributed by atoms with E-state index in [1.807, 2.05) is 28.9 Å². The Balaban J connectivity index is 1.40. The molecular formula is C29H27FN6O4. The smallest absolute Gasteiger partial charge is 0.253 e. The number of hydrogen-bond donors (Lipinski definition) is 1. The first kappa shape index (κ1) is 24.5. The Kier molecular flexibility index (Phi) is 6.27. The number of halogens is 1. The average Bonchev–Trinajstić information content (AvgIpc) is 3.77. The Bertz CT molecular complexity index is 1690. The third-order valence-electron chi connectivity index (χ3n) is 7.70. The Morgan fingerprint density at radius 3 is 2.62 bits per heavy atom. The molecular weight excluding hydrogens is 515 g/mol. The van der Waals surface area contributed by atoms with Gasteiger partial charge in [0.2, 0.25) is 6.79 Å². The molecule has 1 aliphatic heterocycles. The Labute approximate surface area is 228 Å². The minimum atomic E-state index is -0.635. The molecule has 1 atom stereocenters. The summed E-state index contributed by atoms with van der Waals surface area (Å²) in [6.07, 6.45) is 5.76. The number of ether oxygens (including phenoxy) is 2. The SMILES string of the molecule is O=c1[nH]c2cc3c(cc2cc1[C@H](c1nnnn1C1CCCC1)N(Cc1ccc(F)cc1)Cc1ccco1)OCO3. The molecule has 0 saturated heterocycles. The molecule has 1 fully saturated rings. The van der Waals surface area contributed by atoms with Gasteiger partial charge in [-0.05, 0) is 65.2 Å². The third-order valence-corrected chi connectivity index (χ3v) is 7.70. The predicted octanol–water partition coefficient (Wildman–Crippen LogP) is 4.88. The van der Waals surface area contributed by atoms with Gasteiger partial charge in [-0.1, -0.05) is 25.0 Å². The summed E-state index contributed by atoms with van der Waals surface area (Å²) in [5.74, 6) is 2.19. The first-order valence-electron chi connectivity index (χ1n) is 13.4. The molecule has 11 heteroatoms. The summed E-state index contributed by atoms with van der Waals surface area (Å²) >= 11 is 0. The summed E-state index contributed by atoms with van der Waals surface area (Å²) in [7, 11) is 0. The Morgan fingerprint density at radius 2 is 1.85 bits per heavy atom. The molecule has 1 N–H and O–H groups in total. The molecule has 3 aromatic heterocycles. The van der Waals surface area contributed by atoms with Gasteiger partial charge in [-0.2, -0.15) is 0 Å². The number of tetrazole rings is 1. The molecule has 0 radical (unpaired) electrons. The lowest BCUT2D eigenvalue weighted by atomic mass is 10.0. The number of hydrogen-bond acceptors (Lipinski definition) is 8. The number of aromatic nitrogens is 5. The minimum absolute atomic E-state index is 0.135. The second-order valence-electron chi connectivity index (χ2n) is 10.3. The summed E-state index contributed by atoms with van der Waals surface area (Å²) in [4.78, 5) is 18.9. The molecule has 10 nitrogen and oxygen atoms in total. The van der Waals surface area contributed by atoms with Crippen LogP contribution < -0.4 is 15.0 Å². The average molecular weight is 543 g/mol. The number of pyridine rings is 1. The summed E-state index contributed by atoms with van der Waals surface area (Å²) in [6, 6.07) is 15.1. The van der Waals surface area contributed by atoms with Gasteiger partial charge in [0.25, 0.3) is 5.56 Å². The molecule has 7 rings (SSSR count). The summed E-state index contributed by atoms with van der Waals surface area (Å²) in [6.45, 7) is 0.892. The Morgan fingerprint density at radius 1 is 1.05 bits per heavy atom. The van der Waals surface area contributed by atoms with Crippen molar-refractivity contribution in [3.8, 4) is 11.5 Å². The lowest BCUT2D eigenvalue weighted by Crippen LogP contribution is -2.35. The van der Waals surface area contributed by atoms with E-state index in [1.54, 1.807) is 24.5 Å². The van der Waals surface area contributed by atoms with Gasteiger partial charge in [0.1, 0.15) is 17.6 Å². The van der Waals surface area contributed by atoms with Crippen LogP contribution in [0, 0.1) is 5.82 Å². The molecule has 204 valence electrons. The van der Waals surface area contributed by atoms with E-state index in [2.05, 4.69) is 25.4 Å². The lowest BCUT2D eigenvalue weighted by molar-refractivity contribution is 0.174. The fourth-order valence-corrected chi connectivity index (χ4v) is 5.77. The number of nitrogens with zero attached hydrogens (tertiary/aromatic N) is 5. The topological polar surface area (TPSA) is 111 Å². The fraction of sp³-hybridized carbons (Fsp3) is 0.310. The predicted molar refractivity (Wildman–Crippen MR) is 142 cm³/mol. The van der Waals surface area contributed by atoms with Crippen LogP contribution in [0.4, 0.5) is 4.39 Å². The highest BCUT2D eigenvalue weighted by atomic mass is 19.1. The van der Waals surface area contributed by atoms with Crippen molar-refractivity contribution in [3.63, 3.8) is 0 Å². The molecule has 40 heavy (non-hydrogen) atoms. The minimum Gasteiger partial charge on any atom is -0.468 e. The molecule has 4 heterocycles. The summed E-state index contributed by atoms with van der Waals surface area (Å²) < 4.78 is 32.5. The summed E-state index contributed by atoms with van der Waals surface area (Å²) in [5.41, 5.74) is 1.73. The maximum absolute atomic E-state index is 13.8. The van der Waals surface area contributed by atoms with Crippen LogP contribution in [0.5, 0.6) is 11.5 Å². The van der Waals surface area contributed by atoms with Crippen LogP contribution in [0.2, 0.25) is 0 Å². The maximum Gasteiger partial charge on any atom is 0.253 e. The monoisotopic (exact) mass is 542 g/mol. The summed E-state index contributed by atoms with van der Waals surface area (Å²) in [5, 5.41) is 13.7. The number of rotatable bonds is 8. The van der Waals surface area contributed by atoms with Crippen molar-refractivity contribution in [2.75, 3.05) is 6.79 Å². The maximum atomic E-state index is 13.8. The van der Waals surface area contributed by atoms with E-state index >= 15 is 0 Å². The van der Waals surface area contributed by atoms with E-state index in [-0.39, 0.29) is 24.2 Å². The number of H-pyrrole nitrogens is 1. The fourth-order valence-electron chi connectivity index (χ4n) is 5.77. The van der Waals surface area contributed by atoms with Crippen molar-refractivity contribution in [1.29, 1.82) is 0 Å². The number of nitrogens with one attached hydrogen (secondary N) is 1. The standard InChI is InChI=1S/C29H27FN6O4/c30-20-9-7-18(8-10-20)15-35(16-22-6-3-11-38-22)27(28-32-33-34-36(28)21-4-1-2-5-21)23-12-19-13-25-26(40-17-39-25)14-24(19)31-29(23)37/h3,6-14,21,27H,1-2,4-5,15-17H2,(H,31,37)/t27-/m1/s1. The second-order valence-corrected chi connectivity index (χ2v) is 10.3. The van der Waals surface area contributed by atoms with Gasteiger partial charge in [0.15, 0.2) is 17.3 Å². The van der Waals surface area contributed by atoms with Crippen LogP contribution in [0.1, 0.15) is 60.5 Å². The van der Waals surface area contributed by atoms with Crippen molar-refractivity contribution in [1.82, 2.24) is 30.1 Å². The quantitative estimate of drug-likeness (QED) is 0.295. The van der Waals surface area contributed by atoms with E-state index in [1.165, 1.54) is 12.1 Å². The molecule has 0 unspecified atom stereocenters. The van der Waals surface area contributed by atoms with Crippen LogP contribution >= 0.6 is 0 Å². The highest BCUT2D eigenvalue weighted by molar-refractivity contribution is 5.83.